The lowest BCUT2D eigenvalue weighted by Gasteiger charge is -2.38. The van der Waals surface area contributed by atoms with E-state index in [1.807, 2.05) is 0 Å². The van der Waals surface area contributed by atoms with Crippen molar-refractivity contribution in [3.8, 4) is 0 Å². The minimum atomic E-state index is 0.599. The van der Waals surface area contributed by atoms with Gasteiger partial charge in [-0.15, -0.1) is 0 Å². The van der Waals surface area contributed by atoms with Gasteiger partial charge in [0, 0.05) is 18.4 Å². The molecule has 2 rings (SSSR count). The van der Waals surface area contributed by atoms with Gasteiger partial charge in [0.25, 0.3) is 0 Å². The SMILES string of the molecule is CCCC(c1ccccc1)[N+](C)(C)CCCc1ccccc1. The number of nitrogens with zero attached hydrogens (tertiary/aromatic N) is 1. The number of hydrogen-bond donors (Lipinski definition) is 0. The molecule has 0 aromatic heterocycles. The highest BCUT2D eigenvalue weighted by Crippen LogP contribution is 2.30. The van der Waals surface area contributed by atoms with E-state index in [9.17, 15) is 0 Å². The number of aryl methyl sites for hydroxylation is 1. The maximum Gasteiger partial charge on any atom is 0.114 e. The Morgan fingerprint density at radius 3 is 2.05 bits per heavy atom. The molecule has 0 bridgehead atoms. The lowest BCUT2D eigenvalue weighted by Crippen LogP contribution is -2.44. The van der Waals surface area contributed by atoms with Crippen molar-refractivity contribution in [2.75, 3.05) is 20.6 Å². The molecule has 0 aliphatic carbocycles. The lowest BCUT2D eigenvalue weighted by molar-refractivity contribution is -0.921. The number of benzene rings is 2. The second kappa shape index (κ2) is 8.14. The van der Waals surface area contributed by atoms with Gasteiger partial charge < -0.3 is 4.48 Å². The third-order valence-corrected chi connectivity index (χ3v) is 4.63. The van der Waals surface area contributed by atoms with Crippen molar-refractivity contribution in [1.82, 2.24) is 0 Å². The van der Waals surface area contributed by atoms with Crippen LogP contribution >= 0.6 is 0 Å². The molecule has 0 saturated heterocycles. The zero-order valence-corrected chi connectivity index (χ0v) is 14.3. The van der Waals surface area contributed by atoms with Gasteiger partial charge >= 0.3 is 0 Å². The summed E-state index contributed by atoms with van der Waals surface area (Å²) in [6, 6.07) is 22.5. The highest BCUT2D eigenvalue weighted by atomic mass is 15.3. The maximum absolute atomic E-state index is 2.39. The van der Waals surface area contributed by atoms with Gasteiger partial charge in [0.1, 0.15) is 6.04 Å². The summed E-state index contributed by atoms with van der Waals surface area (Å²) >= 11 is 0. The molecule has 1 atom stereocenters. The molecular formula is C21H30N+. The minimum absolute atomic E-state index is 0.599. The molecule has 1 heteroatoms. The van der Waals surface area contributed by atoms with Crippen LogP contribution in [0.4, 0.5) is 0 Å². The van der Waals surface area contributed by atoms with Crippen LogP contribution in [-0.2, 0) is 6.42 Å². The lowest BCUT2D eigenvalue weighted by atomic mass is 9.98. The zero-order valence-electron chi connectivity index (χ0n) is 14.3. The largest absolute Gasteiger partial charge is 0.322 e. The molecule has 0 heterocycles. The molecule has 1 unspecified atom stereocenters. The fourth-order valence-electron chi connectivity index (χ4n) is 3.36. The quantitative estimate of drug-likeness (QED) is 0.585. The standard InChI is InChI=1S/C21H30N/c1-4-12-21(20-16-9-6-10-17-20)22(2,3)18-11-15-19-13-7-5-8-14-19/h5-10,13-14,16-17,21H,4,11-12,15,18H2,1-3H3/q+1. The van der Waals surface area contributed by atoms with Crippen molar-refractivity contribution in [3.63, 3.8) is 0 Å². The Morgan fingerprint density at radius 2 is 1.45 bits per heavy atom. The van der Waals surface area contributed by atoms with Crippen LogP contribution in [0.15, 0.2) is 60.7 Å². The van der Waals surface area contributed by atoms with Crippen LogP contribution in [-0.4, -0.2) is 25.1 Å². The van der Waals surface area contributed by atoms with Crippen molar-refractivity contribution in [3.05, 3.63) is 71.8 Å². The first-order valence-corrected chi connectivity index (χ1v) is 8.55. The van der Waals surface area contributed by atoms with Crippen LogP contribution in [0.3, 0.4) is 0 Å². The summed E-state index contributed by atoms with van der Waals surface area (Å²) < 4.78 is 1.07. The fraction of sp³-hybridized carbons (Fsp3) is 0.429. The van der Waals surface area contributed by atoms with Crippen LogP contribution in [0.2, 0.25) is 0 Å². The Kier molecular flexibility index (Phi) is 6.21. The van der Waals surface area contributed by atoms with E-state index in [1.54, 1.807) is 0 Å². The molecule has 1 nitrogen and oxygen atoms in total. The molecule has 0 spiro atoms. The molecule has 118 valence electrons. The van der Waals surface area contributed by atoms with Gasteiger partial charge in [0.05, 0.1) is 20.6 Å². The third kappa shape index (κ3) is 4.71. The van der Waals surface area contributed by atoms with E-state index in [-0.39, 0.29) is 0 Å². The van der Waals surface area contributed by atoms with Gasteiger partial charge in [-0.1, -0.05) is 74.0 Å². The molecule has 2 aromatic carbocycles. The van der Waals surface area contributed by atoms with Crippen molar-refractivity contribution >= 4 is 0 Å². The fourth-order valence-corrected chi connectivity index (χ4v) is 3.36. The molecule has 0 aliphatic rings. The Hall–Kier alpha value is -1.60. The molecule has 0 radical (unpaired) electrons. The monoisotopic (exact) mass is 296 g/mol. The summed E-state index contributed by atoms with van der Waals surface area (Å²) in [7, 11) is 4.77. The van der Waals surface area contributed by atoms with Gasteiger partial charge in [0.15, 0.2) is 0 Å². The first-order valence-electron chi connectivity index (χ1n) is 8.55. The predicted molar refractivity (Wildman–Crippen MR) is 95.8 cm³/mol. The van der Waals surface area contributed by atoms with Gasteiger partial charge in [-0.25, -0.2) is 0 Å². The second-order valence-electron chi connectivity index (χ2n) is 6.81. The summed E-state index contributed by atoms with van der Waals surface area (Å²) in [5.41, 5.74) is 2.93. The first-order chi connectivity index (χ1) is 10.6. The normalized spacial score (nSPS) is 13.0. The van der Waals surface area contributed by atoms with E-state index in [0.717, 1.165) is 4.48 Å². The second-order valence-corrected chi connectivity index (χ2v) is 6.81. The van der Waals surface area contributed by atoms with E-state index in [2.05, 4.69) is 81.7 Å². The summed E-state index contributed by atoms with van der Waals surface area (Å²) in [6.45, 7) is 3.51. The van der Waals surface area contributed by atoms with Crippen LogP contribution in [0.1, 0.15) is 43.4 Å². The average molecular weight is 296 g/mol. The molecule has 2 aromatic rings. The molecule has 0 N–H and O–H groups in total. The van der Waals surface area contributed by atoms with Crippen LogP contribution in [0, 0.1) is 0 Å². The Labute approximate surface area is 136 Å². The van der Waals surface area contributed by atoms with Crippen LogP contribution in [0.25, 0.3) is 0 Å². The van der Waals surface area contributed by atoms with Gasteiger partial charge in [0.2, 0.25) is 0 Å². The minimum Gasteiger partial charge on any atom is -0.322 e. The van der Waals surface area contributed by atoms with E-state index < -0.39 is 0 Å². The average Bonchev–Trinajstić information content (AvgIpc) is 2.54. The molecule has 0 saturated carbocycles. The first kappa shape index (κ1) is 16.8. The van der Waals surface area contributed by atoms with Crippen molar-refractivity contribution in [2.45, 2.75) is 38.6 Å². The molecular weight excluding hydrogens is 266 g/mol. The van der Waals surface area contributed by atoms with Crippen molar-refractivity contribution in [2.24, 2.45) is 0 Å². The third-order valence-electron chi connectivity index (χ3n) is 4.63. The van der Waals surface area contributed by atoms with Crippen molar-refractivity contribution in [1.29, 1.82) is 0 Å². The van der Waals surface area contributed by atoms with E-state index >= 15 is 0 Å². The Bertz CT molecular complexity index is 530. The molecule has 22 heavy (non-hydrogen) atoms. The number of rotatable bonds is 8. The predicted octanol–water partition coefficient (Wildman–Crippen LogP) is 5.24. The summed E-state index contributed by atoms with van der Waals surface area (Å²) in [4.78, 5) is 0. The summed E-state index contributed by atoms with van der Waals surface area (Å²) in [5.74, 6) is 0. The number of quaternary nitrogens is 1. The van der Waals surface area contributed by atoms with Gasteiger partial charge in [-0.05, 0) is 12.0 Å². The maximum atomic E-state index is 2.39. The topological polar surface area (TPSA) is 0 Å². The van der Waals surface area contributed by atoms with E-state index in [0.29, 0.717) is 6.04 Å². The van der Waals surface area contributed by atoms with Gasteiger partial charge in [-0.3, -0.25) is 0 Å². The Morgan fingerprint density at radius 1 is 0.864 bits per heavy atom. The van der Waals surface area contributed by atoms with Crippen LogP contribution < -0.4 is 0 Å². The van der Waals surface area contributed by atoms with E-state index in [1.165, 1.54) is 43.4 Å². The summed E-state index contributed by atoms with van der Waals surface area (Å²) in [6.07, 6.45) is 4.91. The molecule has 0 aliphatic heterocycles. The van der Waals surface area contributed by atoms with Crippen molar-refractivity contribution < 1.29 is 4.48 Å². The highest BCUT2D eigenvalue weighted by Gasteiger charge is 2.28. The van der Waals surface area contributed by atoms with Gasteiger partial charge in [-0.2, -0.15) is 0 Å². The smallest absolute Gasteiger partial charge is 0.114 e. The molecule has 0 amide bonds. The Balaban J connectivity index is 1.99. The highest BCUT2D eigenvalue weighted by molar-refractivity contribution is 5.17. The zero-order chi connectivity index (χ0) is 15.8. The van der Waals surface area contributed by atoms with E-state index in [4.69, 9.17) is 0 Å². The van der Waals surface area contributed by atoms with Crippen LogP contribution in [0.5, 0.6) is 0 Å². The molecule has 0 fully saturated rings. The number of hydrogen-bond acceptors (Lipinski definition) is 0. The summed E-state index contributed by atoms with van der Waals surface area (Å²) in [5, 5.41) is 0.